The van der Waals surface area contributed by atoms with Gasteiger partial charge in [-0.2, -0.15) is 0 Å². The van der Waals surface area contributed by atoms with Gasteiger partial charge in [-0.05, 0) is 35.6 Å². The quantitative estimate of drug-likeness (QED) is 0.489. The lowest BCUT2D eigenvalue weighted by molar-refractivity contribution is -0.389. The van der Waals surface area contributed by atoms with E-state index in [1.807, 2.05) is 6.92 Å². The molecule has 12 heteroatoms. The van der Waals surface area contributed by atoms with Crippen LogP contribution in [0.5, 0.6) is 6.01 Å². The molecule has 2 aliphatic rings. The number of hydrogen-bond donors (Lipinski definition) is 0. The first kappa shape index (κ1) is 21.7. The van der Waals surface area contributed by atoms with Gasteiger partial charge in [0.15, 0.2) is 0 Å². The Morgan fingerprint density at radius 2 is 1.94 bits per heavy atom. The summed E-state index contributed by atoms with van der Waals surface area (Å²) in [6.45, 7) is 5.54. The van der Waals surface area contributed by atoms with Crippen molar-refractivity contribution in [2.24, 2.45) is 0 Å². The molecular formula is C19H21Cl2N5O5. The molecule has 2 aliphatic heterocycles. The van der Waals surface area contributed by atoms with Gasteiger partial charge in [0.25, 0.3) is 0 Å². The molecule has 1 fully saturated rings. The first-order valence-electron chi connectivity index (χ1n) is 9.70. The summed E-state index contributed by atoms with van der Waals surface area (Å²) in [4.78, 5) is 30.5. The molecule has 3 heterocycles. The molecule has 1 atom stereocenters. The van der Waals surface area contributed by atoms with Crippen LogP contribution in [-0.2, 0) is 17.9 Å². The summed E-state index contributed by atoms with van der Waals surface area (Å²) in [7, 11) is 0. The number of carbonyl (C=O) groups is 1. The molecule has 1 aromatic heterocycles. The number of nitro groups is 1. The number of fused-ring (bicyclic) bond motifs is 1. The summed E-state index contributed by atoms with van der Waals surface area (Å²) < 4.78 is 12.9. The normalized spacial score (nSPS) is 20.9. The third-order valence-electron chi connectivity index (χ3n) is 5.23. The molecule has 2 aromatic rings. The van der Waals surface area contributed by atoms with E-state index in [0.717, 1.165) is 5.56 Å². The van der Waals surface area contributed by atoms with Crippen molar-refractivity contribution >= 4 is 35.1 Å². The van der Waals surface area contributed by atoms with Crippen LogP contribution in [0.25, 0.3) is 0 Å². The summed E-state index contributed by atoms with van der Waals surface area (Å²) in [6, 6.07) is 5.30. The topological polar surface area (TPSA) is 103 Å². The van der Waals surface area contributed by atoms with Crippen molar-refractivity contribution in [1.82, 2.24) is 19.4 Å². The number of aromatic nitrogens is 2. The van der Waals surface area contributed by atoms with E-state index in [1.54, 1.807) is 27.7 Å². The van der Waals surface area contributed by atoms with Crippen LogP contribution in [0.1, 0.15) is 12.5 Å². The monoisotopic (exact) mass is 469 g/mol. The van der Waals surface area contributed by atoms with Crippen LogP contribution in [0.2, 0.25) is 10.0 Å². The SMILES string of the molecule is CC1(CN2CCN(C(=O)OCc3cc(Cl)cc(Cl)c3)CC2)Cn2cc([N+](=O)[O-])nc2O1. The van der Waals surface area contributed by atoms with Gasteiger partial charge in [0.2, 0.25) is 0 Å². The number of halogens is 2. The summed E-state index contributed by atoms with van der Waals surface area (Å²) >= 11 is 11.9. The first-order valence-corrected chi connectivity index (χ1v) is 10.5. The van der Waals surface area contributed by atoms with Gasteiger partial charge in [0.1, 0.15) is 18.4 Å². The van der Waals surface area contributed by atoms with E-state index in [9.17, 15) is 14.9 Å². The zero-order valence-electron chi connectivity index (χ0n) is 16.8. The maximum Gasteiger partial charge on any atom is 0.415 e. The Labute approximate surface area is 188 Å². The van der Waals surface area contributed by atoms with Gasteiger partial charge in [-0.15, -0.1) is 0 Å². The zero-order valence-corrected chi connectivity index (χ0v) is 18.3. The van der Waals surface area contributed by atoms with E-state index in [1.165, 1.54) is 6.20 Å². The summed E-state index contributed by atoms with van der Waals surface area (Å²) in [5, 5.41) is 11.8. The highest BCUT2D eigenvalue weighted by atomic mass is 35.5. The van der Waals surface area contributed by atoms with Gasteiger partial charge in [-0.1, -0.05) is 23.2 Å². The van der Waals surface area contributed by atoms with Crippen LogP contribution in [0.15, 0.2) is 24.4 Å². The van der Waals surface area contributed by atoms with Gasteiger partial charge in [-0.25, -0.2) is 4.79 Å². The lowest BCUT2D eigenvalue weighted by atomic mass is 10.1. The molecule has 1 amide bonds. The molecule has 31 heavy (non-hydrogen) atoms. The van der Waals surface area contributed by atoms with E-state index < -0.39 is 10.5 Å². The lowest BCUT2D eigenvalue weighted by Crippen LogP contribution is -2.53. The molecule has 0 radical (unpaired) electrons. The highest BCUT2D eigenvalue weighted by Gasteiger charge is 2.42. The Kier molecular flexibility index (Phi) is 5.96. The second kappa shape index (κ2) is 8.52. The average molecular weight is 470 g/mol. The predicted molar refractivity (Wildman–Crippen MR) is 113 cm³/mol. The summed E-state index contributed by atoms with van der Waals surface area (Å²) in [5.41, 5.74) is 0.194. The second-order valence-corrected chi connectivity index (χ2v) is 8.79. The van der Waals surface area contributed by atoms with E-state index >= 15 is 0 Å². The van der Waals surface area contributed by atoms with Crippen molar-refractivity contribution in [3.05, 3.63) is 50.1 Å². The van der Waals surface area contributed by atoms with Crippen LogP contribution >= 0.6 is 23.2 Å². The maximum atomic E-state index is 12.4. The lowest BCUT2D eigenvalue weighted by Gasteiger charge is -2.37. The minimum Gasteiger partial charge on any atom is -0.445 e. The van der Waals surface area contributed by atoms with Gasteiger partial charge in [-0.3, -0.25) is 9.47 Å². The number of ether oxygens (including phenoxy) is 2. The molecule has 1 saturated heterocycles. The van der Waals surface area contributed by atoms with Gasteiger partial charge >= 0.3 is 17.9 Å². The van der Waals surface area contributed by atoms with Crippen molar-refractivity contribution < 1.29 is 19.2 Å². The number of nitrogens with zero attached hydrogens (tertiary/aromatic N) is 5. The van der Waals surface area contributed by atoms with Crippen molar-refractivity contribution in [2.75, 3.05) is 32.7 Å². The molecule has 0 bridgehead atoms. The maximum absolute atomic E-state index is 12.4. The first-order chi connectivity index (χ1) is 14.7. The van der Waals surface area contributed by atoms with Crippen LogP contribution in [0.3, 0.4) is 0 Å². The van der Waals surface area contributed by atoms with E-state index in [2.05, 4.69) is 9.88 Å². The Morgan fingerprint density at radius 3 is 2.55 bits per heavy atom. The molecular weight excluding hydrogens is 449 g/mol. The number of piperazine rings is 1. The highest BCUT2D eigenvalue weighted by molar-refractivity contribution is 6.34. The fraction of sp³-hybridized carbons (Fsp3) is 0.474. The number of hydrogen-bond acceptors (Lipinski definition) is 7. The third kappa shape index (κ3) is 5.03. The molecule has 0 aliphatic carbocycles. The minimum atomic E-state index is -0.536. The van der Waals surface area contributed by atoms with Crippen LogP contribution in [-0.4, -0.2) is 68.7 Å². The molecule has 1 aromatic carbocycles. The van der Waals surface area contributed by atoms with E-state index in [0.29, 0.717) is 49.3 Å². The smallest absolute Gasteiger partial charge is 0.415 e. The van der Waals surface area contributed by atoms with Crippen LogP contribution < -0.4 is 4.74 Å². The Bertz CT molecular complexity index is 962. The number of rotatable bonds is 5. The number of carbonyl (C=O) groups excluding carboxylic acids is 1. The van der Waals surface area contributed by atoms with Gasteiger partial charge < -0.3 is 24.5 Å². The Hall–Kier alpha value is -2.56. The molecule has 0 saturated carbocycles. The van der Waals surface area contributed by atoms with Crippen LogP contribution in [0, 0.1) is 10.1 Å². The molecule has 166 valence electrons. The van der Waals surface area contributed by atoms with Crippen molar-refractivity contribution in [1.29, 1.82) is 0 Å². The standard InChI is InChI=1S/C19H21Cl2N5O5/c1-19(12-25-9-16(26(28)29)22-17(25)31-19)11-23-2-4-24(5-3-23)18(27)30-10-13-6-14(20)8-15(21)7-13/h6-9H,2-5,10-12H2,1H3. The second-order valence-electron chi connectivity index (χ2n) is 7.91. The largest absolute Gasteiger partial charge is 0.445 e. The number of benzene rings is 1. The van der Waals surface area contributed by atoms with Crippen molar-refractivity contribution in [2.45, 2.75) is 25.7 Å². The highest BCUT2D eigenvalue weighted by Crippen LogP contribution is 2.31. The van der Waals surface area contributed by atoms with Crippen molar-refractivity contribution in [3.8, 4) is 6.01 Å². The fourth-order valence-corrected chi connectivity index (χ4v) is 4.43. The van der Waals surface area contributed by atoms with Crippen molar-refractivity contribution in [3.63, 3.8) is 0 Å². The fourth-order valence-electron chi connectivity index (χ4n) is 3.86. The summed E-state index contributed by atoms with van der Waals surface area (Å²) in [5.74, 6) is -0.218. The minimum absolute atomic E-state index is 0.100. The molecule has 1 unspecified atom stereocenters. The van der Waals surface area contributed by atoms with Gasteiger partial charge in [0.05, 0.1) is 6.54 Å². The number of imidazole rings is 1. The average Bonchev–Trinajstić information content (AvgIpc) is 3.21. The predicted octanol–water partition coefficient (Wildman–Crippen LogP) is 3.20. The van der Waals surface area contributed by atoms with Crippen LogP contribution in [0.4, 0.5) is 10.6 Å². The Morgan fingerprint density at radius 1 is 1.26 bits per heavy atom. The van der Waals surface area contributed by atoms with Gasteiger partial charge in [0, 0.05) is 47.8 Å². The molecule has 10 nitrogen and oxygen atoms in total. The number of amides is 1. The third-order valence-corrected chi connectivity index (χ3v) is 5.67. The summed E-state index contributed by atoms with van der Waals surface area (Å²) in [6.07, 6.45) is 1.01. The molecule has 0 N–H and O–H groups in total. The van der Waals surface area contributed by atoms with E-state index in [4.69, 9.17) is 32.7 Å². The molecule has 4 rings (SSSR count). The zero-order chi connectivity index (χ0) is 22.2. The van der Waals surface area contributed by atoms with E-state index in [-0.39, 0.29) is 24.5 Å². The molecule has 0 spiro atoms. The Balaban J connectivity index is 1.24.